The first-order chi connectivity index (χ1) is 9.83. The molecule has 0 unspecified atom stereocenters. The van der Waals surface area contributed by atoms with E-state index in [4.69, 9.17) is 4.74 Å². The summed E-state index contributed by atoms with van der Waals surface area (Å²) >= 11 is 0. The predicted octanol–water partition coefficient (Wildman–Crippen LogP) is 2.72. The second-order valence-corrected chi connectivity index (χ2v) is 4.99. The van der Waals surface area contributed by atoms with Gasteiger partial charge in [0.25, 0.3) is 0 Å². The zero-order valence-electron chi connectivity index (χ0n) is 11.5. The van der Waals surface area contributed by atoms with Gasteiger partial charge in [0.15, 0.2) is 0 Å². The second-order valence-electron chi connectivity index (χ2n) is 4.99. The van der Waals surface area contributed by atoms with Gasteiger partial charge in [-0.15, -0.1) is 0 Å². The number of benzene rings is 1. The van der Waals surface area contributed by atoms with E-state index in [1.54, 1.807) is 6.20 Å². The number of hydrogen-bond donors (Lipinski definition) is 0. The molecule has 2 aromatic rings. The normalized spacial score (nSPS) is 19.0. The van der Waals surface area contributed by atoms with Gasteiger partial charge in [0, 0.05) is 30.4 Å². The average Bonchev–Trinajstić information content (AvgIpc) is 2.54. The van der Waals surface area contributed by atoms with Crippen LogP contribution in [0, 0.1) is 11.3 Å². The van der Waals surface area contributed by atoms with E-state index in [0.29, 0.717) is 5.56 Å². The highest BCUT2D eigenvalue weighted by molar-refractivity contribution is 5.95. The maximum absolute atomic E-state index is 9.19. The Kier molecular flexibility index (Phi) is 3.53. The molecule has 1 atom stereocenters. The summed E-state index contributed by atoms with van der Waals surface area (Å²) in [5.41, 5.74) is 2.56. The molecule has 0 amide bonds. The van der Waals surface area contributed by atoms with E-state index in [1.807, 2.05) is 24.3 Å². The molecule has 0 radical (unpaired) electrons. The zero-order chi connectivity index (χ0) is 13.9. The first-order valence-corrected chi connectivity index (χ1v) is 6.98. The minimum absolute atomic E-state index is 0.283. The zero-order valence-corrected chi connectivity index (χ0v) is 11.5. The van der Waals surface area contributed by atoms with E-state index in [9.17, 15) is 5.26 Å². The van der Waals surface area contributed by atoms with Crippen molar-refractivity contribution in [1.82, 2.24) is 4.98 Å². The standard InChI is InChI=1S/C16H17N3O/c1-2-13-11-19(8-9-20-13)15-6-5-12(10-17)16-14(15)4-3-7-18-16/h3-7,13H,2,8-9,11H2,1H3/t13-/m0/s1. The summed E-state index contributed by atoms with van der Waals surface area (Å²) in [6.45, 7) is 4.67. The Hall–Kier alpha value is -2.12. The van der Waals surface area contributed by atoms with Gasteiger partial charge in [-0.05, 0) is 30.7 Å². The molecular weight excluding hydrogens is 250 g/mol. The molecule has 4 nitrogen and oxygen atoms in total. The molecule has 2 heterocycles. The molecular formula is C16H17N3O. The number of ether oxygens (including phenoxy) is 1. The fourth-order valence-electron chi connectivity index (χ4n) is 2.71. The Labute approximate surface area is 118 Å². The van der Waals surface area contributed by atoms with Gasteiger partial charge in [0.05, 0.1) is 23.8 Å². The number of morpholine rings is 1. The van der Waals surface area contributed by atoms with Crippen LogP contribution in [0.4, 0.5) is 5.69 Å². The maximum atomic E-state index is 9.19. The Morgan fingerprint density at radius 1 is 1.45 bits per heavy atom. The molecule has 1 aliphatic rings. The third-order valence-corrected chi connectivity index (χ3v) is 3.80. The number of aromatic nitrogens is 1. The summed E-state index contributed by atoms with van der Waals surface area (Å²) in [6, 6.07) is 10.1. The summed E-state index contributed by atoms with van der Waals surface area (Å²) in [4.78, 5) is 6.70. The minimum atomic E-state index is 0.283. The van der Waals surface area contributed by atoms with Gasteiger partial charge in [-0.25, -0.2) is 0 Å². The fourth-order valence-corrected chi connectivity index (χ4v) is 2.71. The molecule has 1 saturated heterocycles. The molecule has 1 fully saturated rings. The molecule has 1 aromatic heterocycles. The van der Waals surface area contributed by atoms with Crippen LogP contribution < -0.4 is 4.90 Å². The lowest BCUT2D eigenvalue weighted by atomic mass is 10.1. The van der Waals surface area contributed by atoms with Crippen molar-refractivity contribution in [3.05, 3.63) is 36.0 Å². The molecule has 102 valence electrons. The van der Waals surface area contributed by atoms with Gasteiger partial charge in [0.2, 0.25) is 0 Å². The second kappa shape index (κ2) is 5.48. The van der Waals surface area contributed by atoms with Gasteiger partial charge in [-0.2, -0.15) is 5.26 Å². The Morgan fingerprint density at radius 3 is 3.15 bits per heavy atom. The van der Waals surface area contributed by atoms with E-state index in [0.717, 1.165) is 42.7 Å². The topological polar surface area (TPSA) is 49.2 Å². The number of pyridine rings is 1. The molecule has 4 heteroatoms. The Bertz CT molecular complexity index is 662. The van der Waals surface area contributed by atoms with Crippen LogP contribution in [-0.4, -0.2) is 30.8 Å². The van der Waals surface area contributed by atoms with Gasteiger partial charge >= 0.3 is 0 Å². The first-order valence-electron chi connectivity index (χ1n) is 6.98. The number of anilines is 1. The molecule has 3 rings (SSSR count). The van der Waals surface area contributed by atoms with Crippen molar-refractivity contribution >= 4 is 16.6 Å². The van der Waals surface area contributed by atoms with Gasteiger partial charge in [0.1, 0.15) is 6.07 Å². The van der Waals surface area contributed by atoms with Crippen molar-refractivity contribution in [2.45, 2.75) is 19.4 Å². The molecule has 1 aliphatic heterocycles. The molecule has 1 aromatic carbocycles. The van der Waals surface area contributed by atoms with E-state index in [1.165, 1.54) is 0 Å². The molecule has 0 saturated carbocycles. The number of hydrogen-bond acceptors (Lipinski definition) is 4. The Morgan fingerprint density at radius 2 is 2.35 bits per heavy atom. The van der Waals surface area contributed by atoms with E-state index >= 15 is 0 Å². The van der Waals surface area contributed by atoms with Crippen molar-refractivity contribution in [1.29, 1.82) is 5.26 Å². The van der Waals surface area contributed by atoms with Crippen molar-refractivity contribution in [3.63, 3.8) is 0 Å². The van der Waals surface area contributed by atoms with Crippen LogP contribution in [0.2, 0.25) is 0 Å². The molecule has 0 N–H and O–H groups in total. The summed E-state index contributed by atoms with van der Waals surface area (Å²) in [7, 11) is 0. The molecule has 0 aliphatic carbocycles. The smallest absolute Gasteiger partial charge is 0.101 e. The molecule has 0 spiro atoms. The van der Waals surface area contributed by atoms with Gasteiger partial charge < -0.3 is 9.64 Å². The number of nitriles is 1. The third-order valence-electron chi connectivity index (χ3n) is 3.80. The quantitative estimate of drug-likeness (QED) is 0.839. The van der Waals surface area contributed by atoms with Crippen molar-refractivity contribution in [3.8, 4) is 6.07 Å². The Balaban J connectivity index is 2.06. The fraction of sp³-hybridized carbons (Fsp3) is 0.375. The number of nitrogens with zero attached hydrogens (tertiary/aromatic N) is 3. The highest BCUT2D eigenvalue weighted by atomic mass is 16.5. The van der Waals surface area contributed by atoms with Crippen molar-refractivity contribution in [2.75, 3.05) is 24.6 Å². The van der Waals surface area contributed by atoms with E-state index in [2.05, 4.69) is 22.9 Å². The van der Waals surface area contributed by atoms with Crippen LogP contribution in [-0.2, 0) is 4.74 Å². The lowest BCUT2D eigenvalue weighted by molar-refractivity contribution is 0.0385. The summed E-state index contributed by atoms with van der Waals surface area (Å²) < 4.78 is 5.73. The van der Waals surface area contributed by atoms with Gasteiger partial charge in [-0.3, -0.25) is 4.98 Å². The summed E-state index contributed by atoms with van der Waals surface area (Å²) in [5, 5.41) is 10.2. The lowest BCUT2D eigenvalue weighted by Crippen LogP contribution is -2.42. The van der Waals surface area contributed by atoms with Crippen molar-refractivity contribution < 1.29 is 4.74 Å². The maximum Gasteiger partial charge on any atom is 0.101 e. The summed E-state index contributed by atoms with van der Waals surface area (Å²) in [5.74, 6) is 0. The first kappa shape index (κ1) is 12.9. The van der Waals surface area contributed by atoms with E-state index in [-0.39, 0.29) is 6.10 Å². The largest absolute Gasteiger partial charge is 0.375 e. The van der Waals surface area contributed by atoms with E-state index < -0.39 is 0 Å². The molecule has 20 heavy (non-hydrogen) atoms. The van der Waals surface area contributed by atoms with Crippen LogP contribution in [0.25, 0.3) is 10.9 Å². The predicted molar refractivity (Wildman–Crippen MR) is 78.7 cm³/mol. The number of fused-ring (bicyclic) bond motifs is 1. The third kappa shape index (κ3) is 2.21. The highest BCUT2D eigenvalue weighted by Crippen LogP contribution is 2.29. The van der Waals surface area contributed by atoms with Crippen molar-refractivity contribution in [2.24, 2.45) is 0 Å². The average molecular weight is 267 g/mol. The minimum Gasteiger partial charge on any atom is -0.375 e. The van der Waals surface area contributed by atoms with Gasteiger partial charge in [-0.1, -0.05) is 6.92 Å². The van der Waals surface area contributed by atoms with Crippen LogP contribution >= 0.6 is 0 Å². The van der Waals surface area contributed by atoms with Crippen LogP contribution in [0.1, 0.15) is 18.9 Å². The SMILES string of the molecule is CC[C@H]1CN(c2ccc(C#N)c3ncccc23)CCO1. The highest BCUT2D eigenvalue weighted by Gasteiger charge is 2.21. The lowest BCUT2D eigenvalue weighted by Gasteiger charge is -2.34. The monoisotopic (exact) mass is 267 g/mol. The number of rotatable bonds is 2. The van der Waals surface area contributed by atoms with Crippen LogP contribution in [0.3, 0.4) is 0 Å². The van der Waals surface area contributed by atoms with Crippen LogP contribution in [0.5, 0.6) is 0 Å². The van der Waals surface area contributed by atoms with Crippen LogP contribution in [0.15, 0.2) is 30.5 Å². The molecule has 0 bridgehead atoms. The summed E-state index contributed by atoms with van der Waals surface area (Å²) in [6.07, 6.45) is 3.04.